The van der Waals surface area contributed by atoms with E-state index in [4.69, 9.17) is 0 Å². The van der Waals surface area contributed by atoms with Gasteiger partial charge in [0.2, 0.25) is 0 Å². The van der Waals surface area contributed by atoms with Gasteiger partial charge in [-0.3, -0.25) is 9.63 Å². The second-order valence-corrected chi connectivity index (χ2v) is 5.94. The van der Waals surface area contributed by atoms with Gasteiger partial charge in [-0.2, -0.15) is 31.4 Å². The molecular weight excluding hydrogens is 375 g/mol. The van der Waals surface area contributed by atoms with Crippen LogP contribution in [0.25, 0.3) is 0 Å². The molecular formula is C12H13ClF7NO3. The third-order valence-electron chi connectivity index (χ3n) is 4.00. The summed E-state index contributed by atoms with van der Waals surface area (Å²) in [5.41, 5.74) is 0. The van der Waals surface area contributed by atoms with Gasteiger partial charge in [0.05, 0.1) is 12.6 Å². The van der Waals surface area contributed by atoms with Gasteiger partial charge in [-0.1, -0.05) is 0 Å². The van der Waals surface area contributed by atoms with Crippen molar-refractivity contribution in [2.45, 2.75) is 48.9 Å². The molecule has 2 saturated heterocycles. The summed E-state index contributed by atoms with van der Waals surface area (Å²) in [4.78, 5) is 16.1. The van der Waals surface area contributed by atoms with Crippen LogP contribution < -0.4 is 0 Å². The van der Waals surface area contributed by atoms with Gasteiger partial charge in [0.15, 0.2) is 0 Å². The molecule has 2 heterocycles. The molecule has 2 rings (SSSR count). The number of fused-ring (bicyclic) bond motifs is 1. The molecule has 24 heavy (non-hydrogen) atoms. The van der Waals surface area contributed by atoms with Gasteiger partial charge in [0.25, 0.3) is 0 Å². The van der Waals surface area contributed by atoms with E-state index < -0.39 is 41.0 Å². The molecule has 12 heteroatoms. The van der Waals surface area contributed by atoms with Crippen molar-refractivity contribution >= 4 is 17.6 Å². The Hall–Kier alpha value is -0.810. The highest BCUT2D eigenvalue weighted by molar-refractivity contribution is 6.22. The van der Waals surface area contributed by atoms with E-state index in [1.54, 1.807) is 0 Å². The minimum absolute atomic E-state index is 0.0337. The molecule has 0 aromatic heterocycles. The zero-order valence-corrected chi connectivity index (χ0v) is 12.9. The summed E-state index contributed by atoms with van der Waals surface area (Å²) in [6, 6.07) is -1.33. The zero-order valence-electron chi connectivity index (χ0n) is 12.2. The maximum Gasteiger partial charge on any atom is 0.392 e. The molecule has 4 nitrogen and oxygen atoms in total. The van der Waals surface area contributed by atoms with E-state index in [0.717, 1.165) is 0 Å². The van der Waals surface area contributed by atoms with Gasteiger partial charge in [0, 0.05) is 6.54 Å². The van der Waals surface area contributed by atoms with Gasteiger partial charge >= 0.3 is 29.1 Å². The maximum atomic E-state index is 14.9. The molecule has 0 aromatic carbocycles. The van der Waals surface area contributed by atoms with Crippen molar-refractivity contribution in [2.75, 3.05) is 13.2 Å². The summed E-state index contributed by atoms with van der Waals surface area (Å²) < 4.78 is 100. The third kappa shape index (κ3) is 2.55. The first-order chi connectivity index (χ1) is 10.8. The summed E-state index contributed by atoms with van der Waals surface area (Å²) in [5, 5.41) is -5.19. The van der Waals surface area contributed by atoms with Crippen LogP contribution in [0.3, 0.4) is 0 Å². The Labute approximate surface area is 136 Å². The number of hydrogen-bond donors (Lipinski definition) is 0. The van der Waals surface area contributed by atoms with Crippen LogP contribution in [-0.2, 0) is 14.4 Å². The van der Waals surface area contributed by atoms with Crippen molar-refractivity contribution < 1.29 is 45.1 Å². The minimum atomic E-state index is -6.32. The van der Waals surface area contributed by atoms with Crippen LogP contribution >= 0.6 is 11.6 Å². The van der Waals surface area contributed by atoms with Crippen LogP contribution in [-0.4, -0.2) is 53.3 Å². The van der Waals surface area contributed by atoms with E-state index in [0.29, 0.717) is 11.5 Å². The SMILES string of the molecule is CCOC(=O)[C@@H]1[C@@H]2CCCN2O[C@@]1(F)C(F)(F)C(F)(F)C(F)(F)Cl. The van der Waals surface area contributed by atoms with Crippen LogP contribution in [0.4, 0.5) is 30.7 Å². The summed E-state index contributed by atoms with van der Waals surface area (Å²) >= 11 is 4.04. The fourth-order valence-corrected chi connectivity index (χ4v) is 2.99. The van der Waals surface area contributed by atoms with Crippen molar-refractivity contribution in [1.82, 2.24) is 5.06 Å². The smallest absolute Gasteiger partial charge is 0.392 e. The predicted octanol–water partition coefficient (Wildman–Crippen LogP) is 3.34. The molecule has 0 saturated carbocycles. The van der Waals surface area contributed by atoms with Crippen molar-refractivity contribution in [3.05, 3.63) is 0 Å². The van der Waals surface area contributed by atoms with E-state index in [1.165, 1.54) is 6.92 Å². The number of carbonyl (C=O) groups excluding carboxylic acids is 1. The minimum Gasteiger partial charge on any atom is -0.466 e. The van der Waals surface area contributed by atoms with Crippen LogP contribution in [0, 0.1) is 5.92 Å². The van der Waals surface area contributed by atoms with Crippen LogP contribution in [0.2, 0.25) is 0 Å². The van der Waals surface area contributed by atoms with E-state index in [9.17, 15) is 35.5 Å². The second kappa shape index (κ2) is 5.87. The zero-order chi connectivity index (χ0) is 18.6. The number of alkyl halides is 8. The summed E-state index contributed by atoms with van der Waals surface area (Å²) in [6.45, 7) is 0.788. The lowest BCUT2D eigenvalue weighted by Crippen LogP contribution is -2.65. The fourth-order valence-electron chi connectivity index (χ4n) is 2.87. The highest BCUT2D eigenvalue weighted by Gasteiger charge is 2.85. The molecule has 0 spiro atoms. The number of hydroxylamine groups is 2. The normalized spacial score (nSPS) is 32.0. The molecule has 0 aliphatic carbocycles. The molecule has 140 valence electrons. The first-order valence-corrected chi connectivity index (χ1v) is 7.32. The number of halogens is 8. The lowest BCUT2D eigenvalue weighted by atomic mass is 9.85. The van der Waals surface area contributed by atoms with E-state index in [-0.39, 0.29) is 19.6 Å². The van der Waals surface area contributed by atoms with Gasteiger partial charge < -0.3 is 4.74 Å². The molecule has 3 atom stereocenters. The number of nitrogens with zero attached hydrogens (tertiary/aromatic N) is 1. The molecule has 0 aromatic rings. The Morgan fingerprint density at radius 2 is 1.92 bits per heavy atom. The Balaban J connectivity index is 2.50. The molecule has 0 N–H and O–H groups in total. The van der Waals surface area contributed by atoms with Crippen LogP contribution in [0.5, 0.6) is 0 Å². The van der Waals surface area contributed by atoms with Crippen molar-refractivity contribution in [3.63, 3.8) is 0 Å². The largest absolute Gasteiger partial charge is 0.466 e. The van der Waals surface area contributed by atoms with Gasteiger partial charge in [0.1, 0.15) is 5.92 Å². The van der Waals surface area contributed by atoms with Crippen molar-refractivity contribution in [3.8, 4) is 0 Å². The number of esters is 1. The lowest BCUT2D eigenvalue weighted by Gasteiger charge is -2.38. The Morgan fingerprint density at radius 1 is 1.33 bits per heavy atom. The number of hydrogen-bond acceptors (Lipinski definition) is 4. The van der Waals surface area contributed by atoms with Crippen LogP contribution in [0.1, 0.15) is 19.8 Å². The highest BCUT2D eigenvalue weighted by Crippen LogP contribution is 2.59. The molecule has 2 aliphatic rings. The lowest BCUT2D eigenvalue weighted by molar-refractivity contribution is -0.402. The standard InChI is InChI=1S/C12H13ClF7NO3/c1-2-23-8(22)7-6-4-3-5-21(6)24-9(7,14)10(15,16)11(17,18)12(13,19)20/h6-7H,2-5H2,1H3/t6-,7-,9+/m0/s1. The fraction of sp³-hybridized carbons (Fsp3) is 0.917. The second-order valence-electron chi connectivity index (χ2n) is 5.46. The Bertz CT molecular complexity index is 515. The van der Waals surface area contributed by atoms with Gasteiger partial charge in [-0.25, -0.2) is 4.39 Å². The highest BCUT2D eigenvalue weighted by atomic mass is 35.5. The molecule has 0 bridgehead atoms. The number of rotatable bonds is 5. The van der Waals surface area contributed by atoms with Crippen molar-refractivity contribution in [2.24, 2.45) is 5.92 Å². The topological polar surface area (TPSA) is 38.8 Å². The first kappa shape index (κ1) is 19.5. The Morgan fingerprint density at radius 3 is 2.42 bits per heavy atom. The predicted molar refractivity (Wildman–Crippen MR) is 65.5 cm³/mol. The van der Waals surface area contributed by atoms with Gasteiger partial charge in [-0.15, -0.1) is 0 Å². The van der Waals surface area contributed by atoms with Crippen LogP contribution in [0.15, 0.2) is 0 Å². The molecule has 2 aliphatic heterocycles. The van der Waals surface area contributed by atoms with E-state index >= 15 is 0 Å². The molecule has 0 radical (unpaired) electrons. The number of carbonyl (C=O) groups is 1. The molecule has 2 fully saturated rings. The van der Waals surface area contributed by atoms with E-state index in [2.05, 4.69) is 21.2 Å². The monoisotopic (exact) mass is 387 g/mol. The first-order valence-electron chi connectivity index (χ1n) is 6.95. The maximum absolute atomic E-state index is 14.9. The quantitative estimate of drug-likeness (QED) is 0.412. The summed E-state index contributed by atoms with van der Waals surface area (Å²) in [7, 11) is 0. The van der Waals surface area contributed by atoms with Gasteiger partial charge in [-0.05, 0) is 31.4 Å². The van der Waals surface area contributed by atoms with E-state index in [1.807, 2.05) is 0 Å². The summed E-state index contributed by atoms with van der Waals surface area (Å²) in [5.74, 6) is -21.3. The molecule has 0 amide bonds. The van der Waals surface area contributed by atoms with Crippen molar-refractivity contribution in [1.29, 1.82) is 0 Å². The Kier molecular flexibility index (Phi) is 4.77. The average Bonchev–Trinajstić information content (AvgIpc) is 2.95. The number of ether oxygens (including phenoxy) is 1. The third-order valence-corrected chi connectivity index (χ3v) is 4.24. The average molecular weight is 388 g/mol. The molecule has 0 unspecified atom stereocenters. The summed E-state index contributed by atoms with van der Waals surface area (Å²) in [6.07, 6.45) is 0.276.